The van der Waals surface area contributed by atoms with Crippen LogP contribution in [0.5, 0.6) is 0 Å². The summed E-state index contributed by atoms with van der Waals surface area (Å²) < 4.78 is 0. The van der Waals surface area contributed by atoms with Gasteiger partial charge in [-0.2, -0.15) is 0 Å². The smallest absolute Gasteiger partial charge is 0 e. The van der Waals surface area contributed by atoms with Crippen molar-refractivity contribution in [1.29, 1.82) is 0 Å². The third-order valence-corrected chi connectivity index (χ3v) is 0. The molecule has 0 saturated carbocycles. The van der Waals surface area contributed by atoms with Gasteiger partial charge in [0.15, 0.2) is 0 Å². The van der Waals surface area contributed by atoms with Crippen LogP contribution in [0.25, 0.3) is 0 Å². The van der Waals surface area contributed by atoms with Crippen LogP contribution in [-0.2, 0) is 38.0 Å². The molecule has 0 unspecified atom stereocenters. The maximum Gasteiger partial charge on any atom is 0 e. The third kappa shape index (κ3) is 20.6. The van der Waals surface area contributed by atoms with E-state index in [-0.39, 0.29) is 67.5 Å². The molecule has 0 aliphatic carbocycles. The summed E-state index contributed by atoms with van der Waals surface area (Å²) in [6.45, 7) is 0. The van der Waals surface area contributed by atoms with Crippen molar-refractivity contribution >= 4 is 44.4 Å². The van der Waals surface area contributed by atoms with Crippen LogP contribution in [0.2, 0.25) is 0 Å². The van der Waals surface area contributed by atoms with Gasteiger partial charge >= 0.3 is 60.6 Å². The van der Waals surface area contributed by atoms with Gasteiger partial charge in [-0.3, -0.25) is 0 Å². The monoisotopic (exact) mass is 180 g/mol. The van der Waals surface area contributed by atoms with Gasteiger partial charge in [0.25, 0.3) is 0 Å². The van der Waals surface area contributed by atoms with Crippen molar-refractivity contribution in [2.75, 3.05) is 0 Å². The second-order valence-electron chi connectivity index (χ2n) is 0.707. The van der Waals surface area contributed by atoms with Crippen LogP contribution in [0.1, 0.15) is 0 Å². The van der Waals surface area contributed by atoms with Gasteiger partial charge in [-0.25, -0.2) is 0 Å². The fourth-order valence-corrected chi connectivity index (χ4v) is 0. The zero-order chi connectivity index (χ0) is 2.71. The van der Waals surface area contributed by atoms with Gasteiger partial charge < -0.3 is 0 Å². The Labute approximate surface area is 81.0 Å². The van der Waals surface area contributed by atoms with Crippen molar-refractivity contribution in [3.8, 4) is 0 Å². The molecule has 0 nitrogen and oxygen atoms in total. The summed E-state index contributed by atoms with van der Waals surface area (Å²) in [5.74, 6) is 0. The average Bonchev–Trinajstić information content (AvgIpc) is 0.918. The molecule has 0 fully saturated rings. The van der Waals surface area contributed by atoms with E-state index in [0.29, 0.717) is 0 Å². The Hall–Kier alpha value is 2.62. The first kappa shape index (κ1) is 15.6. The van der Waals surface area contributed by atoms with Crippen molar-refractivity contribution in [2.45, 2.75) is 0 Å². The van der Waals surface area contributed by atoms with Crippen LogP contribution in [0.15, 0.2) is 0 Å². The molecule has 0 aromatic heterocycles. The predicted molar refractivity (Wildman–Crippen MR) is 25.6 cm³/mol. The van der Waals surface area contributed by atoms with Gasteiger partial charge in [-0.15, -0.1) is 0 Å². The van der Waals surface area contributed by atoms with Gasteiger partial charge in [0, 0.05) is 21.7 Å². The molecule has 0 N–H and O–H groups in total. The van der Waals surface area contributed by atoms with Crippen LogP contribution in [0.3, 0.4) is 0 Å². The topological polar surface area (TPSA) is 0 Å². The van der Waals surface area contributed by atoms with E-state index in [0.717, 1.165) is 0 Å². The van der Waals surface area contributed by atoms with Crippen molar-refractivity contribution in [3.63, 3.8) is 0 Å². The van der Waals surface area contributed by atoms with E-state index >= 15 is 0 Å². The minimum atomic E-state index is 0. The van der Waals surface area contributed by atoms with Crippen molar-refractivity contribution in [2.24, 2.45) is 0 Å². The van der Waals surface area contributed by atoms with Crippen LogP contribution in [0, 0.1) is 0 Å². The van der Waals surface area contributed by atoms with E-state index in [4.69, 9.17) is 0 Å². The van der Waals surface area contributed by atoms with E-state index in [1.165, 1.54) is 0 Å². The molecule has 0 aromatic carbocycles. The Kier molecular flexibility index (Phi) is 49.9. The minimum absolute atomic E-state index is 0. The molecule has 0 atom stereocenters. The van der Waals surface area contributed by atoms with Crippen LogP contribution < -0.4 is 0 Å². The molecule has 0 aliphatic rings. The summed E-state index contributed by atoms with van der Waals surface area (Å²) in [7, 11) is 1.56. The van der Waals surface area contributed by atoms with E-state index in [9.17, 15) is 0 Å². The first-order valence-corrected chi connectivity index (χ1v) is 14.7. The van der Waals surface area contributed by atoms with Crippen LogP contribution >= 0.6 is 0 Å². The van der Waals surface area contributed by atoms with Gasteiger partial charge in [0.05, 0.1) is 0 Å². The molecule has 0 amide bonds. The Bertz CT molecular complexity index is 11.6. The third-order valence-electron chi connectivity index (χ3n) is 0. The largest absolute Gasteiger partial charge is 0 e. The first-order chi connectivity index (χ1) is 1.41. The molecule has 0 rings (SSSR count). The summed E-state index contributed by atoms with van der Waals surface area (Å²) in [5.41, 5.74) is 0. The van der Waals surface area contributed by atoms with Gasteiger partial charge in [0.1, 0.15) is 0 Å². The second-order valence-corrected chi connectivity index (χ2v) is 11.0. The molecule has 0 bridgehead atoms. The molecule has 0 aromatic rings. The quantitative estimate of drug-likeness (QED) is 0.355. The van der Waals surface area contributed by atoms with E-state index < -0.39 is 0 Å². The minimum Gasteiger partial charge on any atom is 0 e. The summed E-state index contributed by atoms with van der Waals surface area (Å²) >= 11 is 0.264. The second kappa shape index (κ2) is 16.0. The summed E-state index contributed by atoms with van der Waals surface area (Å²) in [6.07, 6.45) is 2.37. The number of hydrogen-bond donors (Lipinski definition) is 0. The molecule has 0 spiro atoms. The normalized spacial score (nSPS) is 2.40. The molecule has 0 aliphatic heterocycles. The van der Waals surface area contributed by atoms with Crippen molar-refractivity contribution in [1.82, 2.24) is 0 Å². The van der Waals surface area contributed by atoms with E-state index in [1.54, 1.807) is 8.47 Å². The number of hydrogen-bond acceptors (Lipinski definition) is 0. The summed E-state index contributed by atoms with van der Waals surface area (Å²) in [4.78, 5) is 0. The molecule has 0 heterocycles. The molecule has 0 saturated heterocycles. The average molecular weight is 181 g/mol. The summed E-state index contributed by atoms with van der Waals surface area (Å²) in [5, 5.41) is 0. The molecular weight excluding hydrogens is 175 g/mol. The Balaban J connectivity index is -0.0000000200. The van der Waals surface area contributed by atoms with Gasteiger partial charge in [0.2, 0.25) is 0 Å². The Morgan fingerprint density at radius 1 is 1.60 bits per heavy atom. The first-order valence-electron chi connectivity index (χ1n) is 1.41. The molecule has 5 heteroatoms. The van der Waals surface area contributed by atoms with Crippen LogP contribution in [0.4, 0.5) is 0 Å². The molecule has 20 valence electrons. The van der Waals surface area contributed by atoms with Gasteiger partial charge in [-0.05, 0) is 0 Å². The van der Waals surface area contributed by atoms with Crippen molar-refractivity contribution < 1.29 is 38.0 Å². The zero-order valence-electron chi connectivity index (χ0n) is 3.21. The Morgan fingerprint density at radius 3 is 1.60 bits per heavy atom. The van der Waals surface area contributed by atoms with Crippen molar-refractivity contribution in [3.05, 3.63) is 0 Å². The maximum absolute atomic E-state index is 2.37. The van der Waals surface area contributed by atoms with E-state index in [2.05, 4.69) is 6.33 Å². The fourth-order valence-electron chi connectivity index (χ4n) is 0. The standard InChI is InChI=1S/BH2.Na.H3Si.Ti.Zn.H/h1H2;;1H3;;;/q+1;;;;-1;. The van der Waals surface area contributed by atoms with E-state index in [1.807, 2.05) is 0 Å². The molecule has 5 heavy (non-hydrogen) atoms. The Morgan fingerprint density at radius 2 is 1.60 bits per heavy atom. The fraction of sp³-hybridized carbons (Fsp3) is 0. The zero-order valence-corrected chi connectivity index (χ0v) is 9.74. The SMILES string of the molecule is [BH2][Zn][SiH3].[NaH].[Ti]. The molecular formula is H6BNaSiTiZn. The summed E-state index contributed by atoms with van der Waals surface area (Å²) in [6, 6.07) is 0. The maximum atomic E-state index is 2.37. The predicted octanol–water partition coefficient (Wildman–Crippen LogP) is -2.75. The number of rotatable bonds is 0. The molecule has 0 radical (unpaired) electrons. The van der Waals surface area contributed by atoms with Crippen LogP contribution in [-0.4, -0.2) is 44.4 Å². The van der Waals surface area contributed by atoms with Gasteiger partial charge in [-0.1, -0.05) is 0 Å².